The van der Waals surface area contributed by atoms with Crippen molar-refractivity contribution >= 4 is 53.3 Å². The molecule has 0 unspecified atom stereocenters. The number of halogens is 1. The van der Waals surface area contributed by atoms with Crippen LogP contribution in [0.15, 0.2) is 29.3 Å². The first-order chi connectivity index (χ1) is 13.0. The SMILES string of the molecule is CCNC(=NCc1ccc(N2CCNC(=O)C2)cc1)N1CCSC(C)(C)C1.I. The summed E-state index contributed by atoms with van der Waals surface area (Å²) >= 11 is 2.03. The first-order valence-corrected chi connectivity index (χ1v) is 10.7. The number of aliphatic imine (C=N–C) groups is 1. The van der Waals surface area contributed by atoms with Crippen LogP contribution in [0.5, 0.6) is 0 Å². The van der Waals surface area contributed by atoms with Crippen LogP contribution in [0.25, 0.3) is 0 Å². The zero-order valence-electron chi connectivity index (χ0n) is 17.0. The van der Waals surface area contributed by atoms with Gasteiger partial charge in [-0.25, -0.2) is 4.99 Å². The number of amides is 1. The molecule has 8 heteroatoms. The van der Waals surface area contributed by atoms with Crippen LogP contribution in [0.1, 0.15) is 26.3 Å². The van der Waals surface area contributed by atoms with E-state index in [1.54, 1.807) is 0 Å². The van der Waals surface area contributed by atoms with E-state index in [-0.39, 0.29) is 34.6 Å². The van der Waals surface area contributed by atoms with E-state index in [9.17, 15) is 4.79 Å². The number of piperazine rings is 1. The lowest BCUT2D eigenvalue weighted by Gasteiger charge is -2.39. The Labute approximate surface area is 189 Å². The highest BCUT2D eigenvalue weighted by Crippen LogP contribution is 2.29. The van der Waals surface area contributed by atoms with Crippen LogP contribution in [0.4, 0.5) is 5.69 Å². The minimum atomic E-state index is 0. The molecule has 2 fully saturated rings. The summed E-state index contributed by atoms with van der Waals surface area (Å²) in [6, 6.07) is 8.42. The van der Waals surface area contributed by atoms with Gasteiger partial charge in [-0.3, -0.25) is 4.79 Å². The molecule has 0 saturated carbocycles. The summed E-state index contributed by atoms with van der Waals surface area (Å²) in [4.78, 5) is 20.9. The number of rotatable bonds is 4. The van der Waals surface area contributed by atoms with E-state index in [2.05, 4.69) is 65.5 Å². The van der Waals surface area contributed by atoms with Crippen molar-refractivity contribution in [3.8, 4) is 0 Å². The standard InChI is InChI=1S/C20H31N5OS.HI/c1-4-21-19(25-11-12-27-20(2,3)15-25)23-13-16-5-7-17(8-6-16)24-10-9-22-18(26)14-24;/h5-8H,4,9-15H2,1-3H3,(H,21,23)(H,22,26);1H. The molecular formula is C20H32IN5OS. The molecule has 0 spiro atoms. The molecule has 0 atom stereocenters. The third-order valence-corrected chi connectivity index (χ3v) is 6.11. The predicted octanol–water partition coefficient (Wildman–Crippen LogP) is 2.53. The molecule has 0 bridgehead atoms. The van der Waals surface area contributed by atoms with Crippen LogP contribution in [0.3, 0.4) is 0 Å². The molecule has 2 heterocycles. The monoisotopic (exact) mass is 517 g/mol. The molecule has 3 rings (SSSR count). The minimum absolute atomic E-state index is 0. The van der Waals surface area contributed by atoms with E-state index >= 15 is 0 Å². The van der Waals surface area contributed by atoms with Crippen molar-refractivity contribution < 1.29 is 4.79 Å². The van der Waals surface area contributed by atoms with Gasteiger partial charge in [-0.05, 0) is 38.5 Å². The molecule has 6 nitrogen and oxygen atoms in total. The number of anilines is 1. The molecule has 0 radical (unpaired) electrons. The Bertz CT molecular complexity index is 680. The van der Waals surface area contributed by atoms with Crippen LogP contribution >= 0.6 is 35.7 Å². The van der Waals surface area contributed by atoms with Gasteiger partial charge in [0.25, 0.3) is 0 Å². The summed E-state index contributed by atoms with van der Waals surface area (Å²) in [6.07, 6.45) is 0. The zero-order chi connectivity index (χ0) is 19.3. The number of hydrogen-bond donors (Lipinski definition) is 2. The van der Waals surface area contributed by atoms with Crippen molar-refractivity contribution in [1.29, 1.82) is 0 Å². The quantitative estimate of drug-likeness (QED) is 0.365. The summed E-state index contributed by atoms with van der Waals surface area (Å²) in [5.41, 5.74) is 2.28. The molecule has 28 heavy (non-hydrogen) atoms. The number of thioether (sulfide) groups is 1. The second kappa shape index (κ2) is 10.6. The molecular weight excluding hydrogens is 485 g/mol. The first kappa shape index (κ1) is 23.1. The fraction of sp³-hybridized carbons (Fsp3) is 0.600. The third-order valence-electron chi connectivity index (χ3n) is 4.81. The molecule has 1 aromatic carbocycles. The van der Waals surface area contributed by atoms with Crippen LogP contribution in [-0.4, -0.2) is 66.5 Å². The average molecular weight is 517 g/mol. The Kier molecular flexibility index (Phi) is 8.73. The largest absolute Gasteiger partial charge is 0.360 e. The fourth-order valence-corrected chi connectivity index (χ4v) is 4.57. The van der Waals surface area contributed by atoms with E-state index in [0.717, 1.165) is 43.6 Å². The summed E-state index contributed by atoms with van der Waals surface area (Å²) < 4.78 is 0.261. The Morgan fingerprint density at radius 2 is 2.04 bits per heavy atom. The van der Waals surface area contributed by atoms with Gasteiger partial charge in [0, 0.05) is 48.9 Å². The van der Waals surface area contributed by atoms with Crippen LogP contribution in [0, 0.1) is 0 Å². The Hall–Kier alpha value is -1.16. The van der Waals surface area contributed by atoms with Crippen molar-refractivity contribution in [2.24, 2.45) is 4.99 Å². The molecule has 2 aliphatic rings. The lowest BCUT2D eigenvalue weighted by atomic mass is 10.2. The van der Waals surface area contributed by atoms with E-state index in [4.69, 9.17) is 4.99 Å². The van der Waals surface area contributed by atoms with Gasteiger partial charge >= 0.3 is 0 Å². The van der Waals surface area contributed by atoms with Crippen molar-refractivity contribution in [3.05, 3.63) is 29.8 Å². The molecule has 0 aliphatic carbocycles. The van der Waals surface area contributed by atoms with Gasteiger partial charge in [-0.2, -0.15) is 11.8 Å². The molecule has 2 N–H and O–H groups in total. The summed E-state index contributed by atoms with van der Waals surface area (Å²) in [5, 5.41) is 6.31. The maximum atomic E-state index is 11.6. The second-order valence-electron chi connectivity index (χ2n) is 7.64. The van der Waals surface area contributed by atoms with E-state index in [1.165, 1.54) is 5.56 Å². The highest BCUT2D eigenvalue weighted by atomic mass is 127. The Balaban J connectivity index is 0.00000280. The molecule has 2 aliphatic heterocycles. The van der Waals surface area contributed by atoms with Gasteiger partial charge in [-0.15, -0.1) is 24.0 Å². The minimum Gasteiger partial charge on any atom is -0.360 e. The summed E-state index contributed by atoms with van der Waals surface area (Å²) in [6.45, 7) is 12.3. The molecule has 1 aromatic rings. The van der Waals surface area contributed by atoms with Crippen molar-refractivity contribution in [3.63, 3.8) is 0 Å². The van der Waals surface area contributed by atoms with Gasteiger partial charge in [0.05, 0.1) is 13.1 Å². The summed E-state index contributed by atoms with van der Waals surface area (Å²) in [7, 11) is 0. The van der Waals surface area contributed by atoms with Crippen LogP contribution in [-0.2, 0) is 11.3 Å². The van der Waals surface area contributed by atoms with E-state index in [1.807, 2.05) is 11.8 Å². The number of hydrogen-bond acceptors (Lipinski definition) is 4. The maximum absolute atomic E-state index is 11.6. The van der Waals surface area contributed by atoms with Gasteiger partial charge in [0.1, 0.15) is 0 Å². The smallest absolute Gasteiger partial charge is 0.239 e. The second-order valence-corrected chi connectivity index (χ2v) is 9.44. The number of carbonyl (C=O) groups is 1. The van der Waals surface area contributed by atoms with Gasteiger partial charge < -0.3 is 20.4 Å². The molecule has 2 saturated heterocycles. The average Bonchev–Trinajstić information content (AvgIpc) is 2.65. The molecule has 0 aromatic heterocycles. The van der Waals surface area contributed by atoms with Gasteiger partial charge in [-0.1, -0.05) is 12.1 Å². The van der Waals surface area contributed by atoms with Crippen molar-refractivity contribution in [1.82, 2.24) is 15.5 Å². The van der Waals surface area contributed by atoms with Crippen LogP contribution in [0.2, 0.25) is 0 Å². The highest BCUT2D eigenvalue weighted by Gasteiger charge is 2.28. The van der Waals surface area contributed by atoms with Crippen molar-refractivity contribution in [2.75, 3.05) is 49.9 Å². The van der Waals surface area contributed by atoms with Gasteiger partial charge in [0.2, 0.25) is 5.91 Å². The lowest BCUT2D eigenvalue weighted by molar-refractivity contribution is -0.120. The Morgan fingerprint density at radius 1 is 1.29 bits per heavy atom. The number of nitrogens with one attached hydrogen (secondary N) is 2. The van der Waals surface area contributed by atoms with Crippen LogP contribution < -0.4 is 15.5 Å². The fourth-order valence-electron chi connectivity index (χ4n) is 3.46. The zero-order valence-corrected chi connectivity index (χ0v) is 20.2. The molecule has 156 valence electrons. The summed E-state index contributed by atoms with van der Waals surface area (Å²) in [5.74, 6) is 2.23. The first-order valence-electron chi connectivity index (χ1n) is 9.75. The highest BCUT2D eigenvalue weighted by molar-refractivity contribution is 14.0. The van der Waals surface area contributed by atoms with E-state index in [0.29, 0.717) is 19.6 Å². The number of carbonyl (C=O) groups excluding carboxylic acids is 1. The van der Waals surface area contributed by atoms with Crippen molar-refractivity contribution in [2.45, 2.75) is 32.1 Å². The normalized spacial score (nSPS) is 19.7. The number of nitrogens with zero attached hydrogens (tertiary/aromatic N) is 3. The maximum Gasteiger partial charge on any atom is 0.239 e. The topological polar surface area (TPSA) is 60.0 Å². The lowest BCUT2D eigenvalue weighted by Crippen LogP contribution is -2.50. The predicted molar refractivity (Wildman–Crippen MR) is 130 cm³/mol. The Morgan fingerprint density at radius 3 is 2.68 bits per heavy atom. The molecule has 1 amide bonds. The number of guanidine groups is 1. The third kappa shape index (κ3) is 6.43. The van der Waals surface area contributed by atoms with E-state index < -0.39 is 0 Å². The number of benzene rings is 1. The van der Waals surface area contributed by atoms with Gasteiger partial charge in [0.15, 0.2) is 5.96 Å².